The lowest BCUT2D eigenvalue weighted by molar-refractivity contribution is -0.114. The Balaban J connectivity index is 1.81. The predicted octanol–water partition coefficient (Wildman–Crippen LogP) is 5.77. The normalized spacial score (nSPS) is 10.5. The van der Waals surface area contributed by atoms with Gasteiger partial charge in [0.05, 0.1) is 0 Å². The number of aryl methyl sites for hydroxylation is 2. The summed E-state index contributed by atoms with van der Waals surface area (Å²) in [5.74, 6) is -0.350. The van der Waals surface area contributed by atoms with Crippen LogP contribution in [0.5, 0.6) is 0 Å². The molecule has 3 aromatic rings. The number of hydrogen-bond acceptors (Lipinski definition) is 3. The van der Waals surface area contributed by atoms with Gasteiger partial charge in [0.2, 0.25) is 5.91 Å². The number of hydrogen-bond donors (Lipinski definition) is 2. The van der Waals surface area contributed by atoms with E-state index in [4.69, 9.17) is 0 Å². The van der Waals surface area contributed by atoms with E-state index < -0.39 is 0 Å². The van der Waals surface area contributed by atoms with Crippen molar-refractivity contribution >= 4 is 29.0 Å². The standard InChI is InChI=1S/C26H26N2O3/c1-5-25(30)19-7-6-8-20(15-19)26(31)28-22-10-12-24(17(3)14-22)23-11-9-21(13-16(23)2)27-18(4)29/h6-15H,5H2,1-4H3,(H,27,29)(H,28,31). The highest BCUT2D eigenvalue weighted by Gasteiger charge is 2.12. The molecule has 158 valence electrons. The van der Waals surface area contributed by atoms with E-state index in [0.29, 0.717) is 23.2 Å². The Labute approximate surface area is 182 Å². The zero-order chi connectivity index (χ0) is 22.5. The summed E-state index contributed by atoms with van der Waals surface area (Å²) < 4.78 is 0. The Morgan fingerprint density at radius 2 is 1.29 bits per heavy atom. The summed E-state index contributed by atoms with van der Waals surface area (Å²) in [4.78, 5) is 35.8. The highest BCUT2D eigenvalue weighted by molar-refractivity contribution is 6.06. The molecule has 5 nitrogen and oxygen atoms in total. The van der Waals surface area contributed by atoms with Gasteiger partial charge in [-0.05, 0) is 72.5 Å². The third kappa shape index (κ3) is 5.25. The minimum atomic E-state index is -0.256. The topological polar surface area (TPSA) is 75.3 Å². The predicted molar refractivity (Wildman–Crippen MR) is 125 cm³/mol. The average molecular weight is 415 g/mol. The molecule has 0 saturated heterocycles. The Kier molecular flexibility index (Phi) is 6.65. The van der Waals surface area contributed by atoms with Gasteiger partial charge < -0.3 is 10.6 Å². The van der Waals surface area contributed by atoms with E-state index in [9.17, 15) is 14.4 Å². The van der Waals surface area contributed by atoms with Gasteiger partial charge in [0.15, 0.2) is 5.78 Å². The van der Waals surface area contributed by atoms with Crippen LogP contribution < -0.4 is 10.6 Å². The SMILES string of the molecule is CCC(=O)c1cccc(C(=O)Nc2ccc(-c3ccc(NC(C)=O)cc3C)c(C)c2)c1. The lowest BCUT2D eigenvalue weighted by atomic mass is 9.95. The summed E-state index contributed by atoms with van der Waals surface area (Å²) in [6.45, 7) is 7.28. The highest BCUT2D eigenvalue weighted by atomic mass is 16.2. The molecule has 0 radical (unpaired) electrons. The summed E-state index contributed by atoms with van der Waals surface area (Å²) in [5.41, 5.74) is 6.62. The Bertz CT molecular complexity index is 1170. The third-order valence-corrected chi connectivity index (χ3v) is 5.09. The van der Waals surface area contributed by atoms with Crippen molar-refractivity contribution in [1.82, 2.24) is 0 Å². The number of benzene rings is 3. The zero-order valence-electron chi connectivity index (χ0n) is 18.2. The second kappa shape index (κ2) is 9.39. The number of rotatable bonds is 6. The first-order chi connectivity index (χ1) is 14.8. The quantitative estimate of drug-likeness (QED) is 0.503. The molecule has 2 amide bonds. The van der Waals surface area contributed by atoms with E-state index in [0.717, 1.165) is 27.9 Å². The summed E-state index contributed by atoms with van der Waals surface area (Å²) in [6, 6.07) is 18.3. The Morgan fingerprint density at radius 3 is 1.81 bits per heavy atom. The molecule has 5 heteroatoms. The summed E-state index contributed by atoms with van der Waals surface area (Å²) in [6.07, 6.45) is 0.400. The minimum Gasteiger partial charge on any atom is -0.326 e. The van der Waals surface area contributed by atoms with Crippen molar-refractivity contribution in [3.05, 3.63) is 82.9 Å². The maximum Gasteiger partial charge on any atom is 0.255 e. The molecule has 0 aromatic heterocycles. The molecule has 0 bridgehead atoms. The van der Waals surface area contributed by atoms with Crippen molar-refractivity contribution in [3.63, 3.8) is 0 Å². The molecule has 2 N–H and O–H groups in total. The van der Waals surface area contributed by atoms with Crippen LogP contribution in [0.4, 0.5) is 11.4 Å². The van der Waals surface area contributed by atoms with Gasteiger partial charge in [-0.1, -0.05) is 31.2 Å². The smallest absolute Gasteiger partial charge is 0.255 e. The molecule has 0 unspecified atom stereocenters. The minimum absolute atomic E-state index is 0.00902. The molecule has 0 atom stereocenters. The van der Waals surface area contributed by atoms with Crippen molar-refractivity contribution in [2.75, 3.05) is 10.6 Å². The lowest BCUT2D eigenvalue weighted by Gasteiger charge is -2.14. The molecule has 3 aromatic carbocycles. The van der Waals surface area contributed by atoms with Gasteiger partial charge in [-0.2, -0.15) is 0 Å². The maximum absolute atomic E-state index is 12.7. The van der Waals surface area contributed by atoms with Crippen LogP contribution >= 0.6 is 0 Å². The first-order valence-corrected chi connectivity index (χ1v) is 10.2. The molecule has 0 aliphatic carbocycles. The second-order valence-electron chi connectivity index (χ2n) is 7.55. The van der Waals surface area contributed by atoms with Gasteiger partial charge in [0.1, 0.15) is 0 Å². The molecular weight excluding hydrogens is 388 g/mol. The van der Waals surface area contributed by atoms with Crippen LogP contribution in [-0.4, -0.2) is 17.6 Å². The molecule has 0 saturated carbocycles. The van der Waals surface area contributed by atoms with Crippen LogP contribution in [0, 0.1) is 13.8 Å². The van der Waals surface area contributed by atoms with Crippen molar-refractivity contribution in [2.24, 2.45) is 0 Å². The number of nitrogens with one attached hydrogen (secondary N) is 2. The largest absolute Gasteiger partial charge is 0.326 e. The molecule has 0 fully saturated rings. The van der Waals surface area contributed by atoms with Gasteiger partial charge in [-0.15, -0.1) is 0 Å². The molecule has 0 spiro atoms. The van der Waals surface area contributed by atoms with Crippen LogP contribution in [-0.2, 0) is 4.79 Å². The van der Waals surface area contributed by atoms with E-state index in [-0.39, 0.29) is 17.6 Å². The second-order valence-corrected chi connectivity index (χ2v) is 7.55. The monoisotopic (exact) mass is 414 g/mol. The van der Waals surface area contributed by atoms with Crippen LogP contribution in [0.3, 0.4) is 0 Å². The number of ketones is 1. The van der Waals surface area contributed by atoms with Gasteiger partial charge in [0, 0.05) is 35.8 Å². The molecule has 31 heavy (non-hydrogen) atoms. The number of carbonyl (C=O) groups excluding carboxylic acids is 3. The summed E-state index contributed by atoms with van der Waals surface area (Å²) in [7, 11) is 0. The highest BCUT2D eigenvalue weighted by Crippen LogP contribution is 2.30. The van der Waals surface area contributed by atoms with Crippen molar-refractivity contribution in [2.45, 2.75) is 34.1 Å². The van der Waals surface area contributed by atoms with Gasteiger partial charge in [-0.3, -0.25) is 14.4 Å². The number of Topliss-reactive ketones (excluding diaryl/α,β-unsaturated/α-hetero) is 1. The molecule has 0 heterocycles. The van der Waals surface area contributed by atoms with E-state index >= 15 is 0 Å². The Hall–Kier alpha value is -3.73. The molecule has 0 aliphatic heterocycles. The van der Waals surface area contributed by atoms with Gasteiger partial charge >= 0.3 is 0 Å². The van der Waals surface area contributed by atoms with Crippen LogP contribution in [0.2, 0.25) is 0 Å². The van der Waals surface area contributed by atoms with Gasteiger partial charge in [-0.25, -0.2) is 0 Å². The lowest BCUT2D eigenvalue weighted by Crippen LogP contribution is -2.13. The summed E-state index contributed by atoms with van der Waals surface area (Å²) in [5, 5.41) is 5.70. The van der Waals surface area contributed by atoms with Crippen molar-refractivity contribution in [1.29, 1.82) is 0 Å². The maximum atomic E-state index is 12.7. The number of amides is 2. The van der Waals surface area contributed by atoms with E-state index in [1.54, 1.807) is 31.2 Å². The molecule has 3 rings (SSSR count). The van der Waals surface area contributed by atoms with Crippen LogP contribution in [0.15, 0.2) is 60.7 Å². The fourth-order valence-electron chi connectivity index (χ4n) is 3.53. The van der Waals surface area contributed by atoms with E-state index in [1.807, 2.05) is 50.2 Å². The first kappa shape index (κ1) is 22.0. The van der Waals surface area contributed by atoms with Crippen molar-refractivity contribution in [3.8, 4) is 11.1 Å². The van der Waals surface area contributed by atoms with Crippen molar-refractivity contribution < 1.29 is 14.4 Å². The van der Waals surface area contributed by atoms with Gasteiger partial charge in [0.25, 0.3) is 5.91 Å². The fourth-order valence-corrected chi connectivity index (χ4v) is 3.53. The fraction of sp³-hybridized carbons (Fsp3) is 0.192. The van der Waals surface area contributed by atoms with Crippen LogP contribution in [0.25, 0.3) is 11.1 Å². The molecular formula is C26H26N2O3. The third-order valence-electron chi connectivity index (χ3n) is 5.09. The Morgan fingerprint density at radius 1 is 0.742 bits per heavy atom. The average Bonchev–Trinajstić information content (AvgIpc) is 2.73. The summed E-state index contributed by atoms with van der Waals surface area (Å²) >= 11 is 0. The van der Waals surface area contributed by atoms with E-state index in [1.165, 1.54) is 6.92 Å². The zero-order valence-corrected chi connectivity index (χ0v) is 18.2. The first-order valence-electron chi connectivity index (χ1n) is 10.2. The number of carbonyl (C=O) groups is 3. The van der Waals surface area contributed by atoms with Crippen LogP contribution in [0.1, 0.15) is 52.1 Å². The number of anilines is 2. The van der Waals surface area contributed by atoms with E-state index in [2.05, 4.69) is 10.6 Å². The molecule has 0 aliphatic rings.